The molecule has 1 N–H and O–H groups in total. The molecule has 4 nitrogen and oxygen atoms in total. The Morgan fingerprint density at radius 1 is 1.17 bits per heavy atom. The summed E-state index contributed by atoms with van der Waals surface area (Å²) < 4.78 is 0. The quantitative estimate of drug-likeness (QED) is 0.890. The third-order valence-corrected chi connectivity index (χ3v) is 3.44. The number of Topliss-reactive ketones (excluding diaryl/α,β-unsaturated/α-hetero) is 1. The SMILES string of the molecule is O=C(Cc1ccccc1)C1CCN(C(=O)O)CC1. The number of hydrogen-bond donors (Lipinski definition) is 1. The summed E-state index contributed by atoms with van der Waals surface area (Å²) in [6.45, 7) is 0.945. The summed E-state index contributed by atoms with van der Waals surface area (Å²) in [6, 6.07) is 9.68. The zero-order valence-corrected chi connectivity index (χ0v) is 10.2. The van der Waals surface area contributed by atoms with Gasteiger partial charge in [-0.1, -0.05) is 30.3 Å². The number of rotatable bonds is 3. The molecular formula is C14H17NO3. The van der Waals surface area contributed by atoms with Crippen molar-refractivity contribution in [2.75, 3.05) is 13.1 Å². The van der Waals surface area contributed by atoms with Gasteiger partial charge in [0.25, 0.3) is 0 Å². The van der Waals surface area contributed by atoms with Gasteiger partial charge in [-0.05, 0) is 18.4 Å². The number of likely N-dealkylation sites (tertiary alicyclic amines) is 1. The molecule has 0 saturated carbocycles. The van der Waals surface area contributed by atoms with Crippen molar-refractivity contribution >= 4 is 11.9 Å². The van der Waals surface area contributed by atoms with Gasteiger partial charge >= 0.3 is 6.09 Å². The zero-order valence-electron chi connectivity index (χ0n) is 10.2. The van der Waals surface area contributed by atoms with Crippen LogP contribution >= 0.6 is 0 Å². The third-order valence-electron chi connectivity index (χ3n) is 3.44. The normalized spacial score (nSPS) is 16.6. The summed E-state index contributed by atoms with van der Waals surface area (Å²) in [7, 11) is 0. The topological polar surface area (TPSA) is 57.6 Å². The van der Waals surface area contributed by atoms with Crippen molar-refractivity contribution in [2.24, 2.45) is 5.92 Å². The summed E-state index contributed by atoms with van der Waals surface area (Å²) in [5.41, 5.74) is 1.03. The van der Waals surface area contributed by atoms with Crippen molar-refractivity contribution in [1.29, 1.82) is 0 Å². The van der Waals surface area contributed by atoms with Crippen LogP contribution in [0.1, 0.15) is 18.4 Å². The number of nitrogens with zero attached hydrogens (tertiary/aromatic N) is 1. The van der Waals surface area contributed by atoms with Crippen LogP contribution in [-0.4, -0.2) is 35.0 Å². The van der Waals surface area contributed by atoms with Gasteiger partial charge in [-0.2, -0.15) is 0 Å². The fourth-order valence-corrected chi connectivity index (χ4v) is 2.33. The van der Waals surface area contributed by atoms with E-state index in [1.54, 1.807) is 0 Å². The monoisotopic (exact) mass is 247 g/mol. The number of amides is 1. The summed E-state index contributed by atoms with van der Waals surface area (Å²) in [5, 5.41) is 8.84. The maximum Gasteiger partial charge on any atom is 0.407 e. The van der Waals surface area contributed by atoms with E-state index in [9.17, 15) is 9.59 Å². The Balaban J connectivity index is 1.86. The number of carbonyl (C=O) groups is 2. The second-order valence-electron chi connectivity index (χ2n) is 4.67. The maximum absolute atomic E-state index is 12.1. The maximum atomic E-state index is 12.1. The fraction of sp³-hybridized carbons (Fsp3) is 0.429. The summed E-state index contributed by atoms with van der Waals surface area (Å²) in [6.07, 6.45) is 0.873. The van der Waals surface area contributed by atoms with E-state index in [2.05, 4.69) is 0 Å². The van der Waals surface area contributed by atoms with Crippen LogP contribution in [0.4, 0.5) is 4.79 Å². The molecule has 1 saturated heterocycles. The van der Waals surface area contributed by atoms with Gasteiger partial charge in [0.05, 0.1) is 0 Å². The van der Waals surface area contributed by atoms with E-state index in [1.807, 2.05) is 30.3 Å². The molecule has 96 valence electrons. The number of carbonyl (C=O) groups excluding carboxylic acids is 1. The van der Waals surface area contributed by atoms with Crippen molar-refractivity contribution < 1.29 is 14.7 Å². The molecular weight excluding hydrogens is 230 g/mol. The second-order valence-corrected chi connectivity index (χ2v) is 4.67. The highest BCUT2D eigenvalue weighted by atomic mass is 16.4. The van der Waals surface area contributed by atoms with Crippen LogP contribution in [0.15, 0.2) is 30.3 Å². The molecule has 1 aliphatic rings. The van der Waals surface area contributed by atoms with Crippen molar-refractivity contribution in [3.05, 3.63) is 35.9 Å². The van der Waals surface area contributed by atoms with Gasteiger partial charge in [-0.15, -0.1) is 0 Å². The van der Waals surface area contributed by atoms with Crippen molar-refractivity contribution in [2.45, 2.75) is 19.3 Å². The molecule has 0 unspecified atom stereocenters. The lowest BCUT2D eigenvalue weighted by Crippen LogP contribution is -2.39. The van der Waals surface area contributed by atoms with Gasteiger partial charge in [0.15, 0.2) is 0 Å². The fourth-order valence-electron chi connectivity index (χ4n) is 2.33. The molecule has 0 aliphatic carbocycles. The van der Waals surface area contributed by atoms with Crippen molar-refractivity contribution in [3.8, 4) is 0 Å². The predicted octanol–water partition coefficient (Wildman–Crippen LogP) is 2.19. The molecule has 0 radical (unpaired) electrons. The number of hydrogen-bond acceptors (Lipinski definition) is 2. The van der Waals surface area contributed by atoms with Crippen LogP contribution in [-0.2, 0) is 11.2 Å². The molecule has 1 heterocycles. The van der Waals surface area contributed by atoms with Crippen LogP contribution in [0.5, 0.6) is 0 Å². The highest BCUT2D eigenvalue weighted by molar-refractivity contribution is 5.83. The van der Waals surface area contributed by atoms with E-state index in [0.717, 1.165) is 5.56 Å². The van der Waals surface area contributed by atoms with Crippen LogP contribution < -0.4 is 0 Å². The van der Waals surface area contributed by atoms with Gasteiger partial charge in [0.2, 0.25) is 0 Å². The molecule has 0 spiro atoms. The van der Waals surface area contributed by atoms with Crippen LogP contribution in [0.2, 0.25) is 0 Å². The Kier molecular flexibility index (Phi) is 3.97. The molecule has 1 fully saturated rings. The molecule has 0 bridgehead atoms. The first-order valence-electron chi connectivity index (χ1n) is 6.21. The highest BCUT2D eigenvalue weighted by Gasteiger charge is 2.26. The summed E-state index contributed by atoms with van der Waals surface area (Å²) >= 11 is 0. The zero-order chi connectivity index (χ0) is 13.0. The average Bonchev–Trinajstić information content (AvgIpc) is 2.40. The van der Waals surface area contributed by atoms with E-state index < -0.39 is 6.09 Å². The molecule has 0 aromatic heterocycles. The lowest BCUT2D eigenvalue weighted by Gasteiger charge is -2.29. The molecule has 1 aromatic rings. The van der Waals surface area contributed by atoms with Gasteiger partial charge < -0.3 is 10.0 Å². The Hall–Kier alpha value is -1.84. The van der Waals surface area contributed by atoms with E-state index >= 15 is 0 Å². The minimum absolute atomic E-state index is 0.0146. The van der Waals surface area contributed by atoms with Gasteiger partial charge in [0.1, 0.15) is 5.78 Å². The van der Waals surface area contributed by atoms with Gasteiger partial charge in [-0.25, -0.2) is 4.79 Å². The average molecular weight is 247 g/mol. The molecule has 18 heavy (non-hydrogen) atoms. The molecule has 1 amide bonds. The van der Waals surface area contributed by atoms with Crippen molar-refractivity contribution in [3.63, 3.8) is 0 Å². The minimum atomic E-state index is -0.885. The number of carboxylic acid groups (broad SMARTS) is 1. The first kappa shape index (κ1) is 12.6. The first-order chi connectivity index (χ1) is 8.66. The molecule has 2 rings (SSSR count). The van der Waals surface area contributed by atoms with Crippen molar-refractivity contribution in [1.82, 2.24) is 4.90 Å². The smallest absolute Gasteiger partial charge is 0.407 e. The van der Waals surface area contributed by atoms with Gasteiger partial charge in [0, 0.05) is 25.4 Å². The Morgan fingerprint density at radius 3 is 2.33 bits per heavy atom. The molecule has 4 heteroatoms. The minimum Gasteiger partial charge on any atom is -0.465 e. The molecule has 1 aliphatic heterocycles. The number of ketones is 1. The van der Waals surface area contributed by atoms with Crippen LogP contribution in [0.25, 0.3) is 0 Å². The van der Waals surface area contributed by atoms with E-state index in [0.29, 0.717) is 32.4 Å². The molecule has 0 atom stereocenters. The third kappa shape index (κ3) is 3.09. The Morgan fingerprint density at radius 2 is 1.78 bits per heavy atom. The Labute approximate surface area is 106 Å². The number of piperidine rings is 1. The lowest BCUT2D eigenvalue weighted by atomic mass is 9.89. The lowest BCUT2D eigenvalue weighted by molar-refractivity contribution is -0.123. The summed E-state index contributed by atoms with van der Waals surface area (Å²) in [4.78, 5) is 24.2. The second kappa shape index (κ2) is 5.67. The van der Waals surface area contributed by atoms with E-state index in [4.69, 9.17) is 5.11 Å². The highest BCUT2D eigenvalue weighted by Crippen LogP contribution is 2.20. The van der Waals surface area contributed by atoms with Crippen LogP contribution in [0.3, 0.4) is 0 Å². The largest absolute Gasteiger partial charge is 0.465 e. The van der Waals surface area contributed by atoms with E-state index in [-0.39, 0.29) is 11.7 Å². The number of benzene rings is 1. The van der Waals surface area contributed by atoms with Gasteiger partial charge in [-0.3, -0.25) is 4.79 Å². The Bertz CT molecular complexity index is 422. The summed E-state index contributed by atoms with van der Waals surface area (Å²) in [5.74, 6) is 0.243. The van der Waals surface area contributed by atoms with E-state index in [1.165, 1.54) is 4.90 Å². The molecule has 1 aromatic carbocycles. The van der Waals surface area contributed by atoms with Crippen LogP contribution in [0, 0.1) is 5.92 Å². The standard InChI is InChI=1S/C14H17NO3/c16-13(10-11-4-2-1-3-5-11)12-6-8-15(9-7-12)14(17)18/h1-5,12H,6-10H2,(H,17,18). The predicted molar refractivity (Wildman–Crippen MR) is 67.5 cm³/mol. The first-order valence-corrected chi connectivity index (χ1v) is 6.21.